The Labute approximate surface area is 180 Å². The summed E-state index contributed by atoms with van der Waals surface area (Å²) < 4.78 is 5.57. The molecule has 3 aliphatic rings. The summed E-state index contributed by atoms with van der Waals surface area (Å²) >= 11 is 0. The maximum atomic E-state index is 13.2. The van der Waals surface area contributed by atoms with E-state index in [-0.39, 0.29) is 5.78 Å². The van der Waals surface area contributed by atoms with E-state index in [1.54, 1.807) is 0 Å². The van der Waals surface area contributed by atoms with Gasteiger partial charge in [-0.25, -0.2) is 4.99 Å². The molecule has 154 valence electrons. The normalized spacial score (nSPS) is 19.9. The second-order valence-corrected chi connectivity index (χ2v) is 7.77. The highest BCUT2D eigenvalue weighted by Crippen LogP contribution is 2.49. The van der Waals surface area contributed by atoms with Crippen molar-refractivity contribution in [2.75, 3.05) is 11.5 Å². The number of nitriles is 1. The van der Waals surface area contributed by atoms with Crippen LogP contribution in [0.3, 0.4) is 0 Å². The Bertz CT molecular complexity index is 1210. The summed E-state index contributed by atoms with van der Waals surface area (Å²) in [6.45, 7) is 2.51. The summed E-state index contributed by atoms with van der Waals surface area (Å²) in [4.78, 5) is 19.8. The first-order chi connectivity index (χ1) is 15.1. The quantitative estimate of drug-likeness (QED) is 0.821. The van der Waals surface area contributed by atoms with E-state index in [0.29, 0.717) is 35.8 Å². The van der Waals surface area contributed by atoms with Crippen LogP contribution in [-0.4, -0.2) is 18.2 Å². The number of para-hydroxylation sites is 1. The number of ketones is 1. The van der Waals surface area contributed by atoms with Gasteiger partial charge >= 0.3 is 0 Å². The van der Waals surface area contributed by atoms with E-state index in [1.807, 2.05) is 60.4 Å². The van der Waals surface area contributed by atoms with Crippen molar-refractivity contribution >= 4 is 17.3 Å². The number of amidine groups is 1. The molecule has 0 radical (unpaired) electrons. The summed E-state index contributed by atoms with van der Waals surface area (Å²) in [6.07, 6.45) is 2.02. The number of benzene rings is 2. The minimum absolute atomic E-state index is 0.0898. The van der Waals surface area contributed by atoms with Gasteiger partial charge in [0, 0.05) is 23.3 Å². The van der Waals surface area contributed by atoms with Gasteiger partial charge in [0.15, 0.2) is 11.6 Å². The largest absolute Gasteiger partial charge is 0.494 e. The second kappa shape index (κ2) is 7.44. The van der Waals surface area contributed by atoms with E-state index >= 15 is 0 Å². The number of nitrogens with two attached hydrogens (primary N) is 1. The van der Waals surface area contributed by atoms with E-state index in [1.165, 1.54) is 0 Å². The standard InChI is InChI=1S/C25H22N4O2/c1-2-31-16-12-10-15(11-13-16)22-18(14-26)25-28-24(27)17-6-3-4-7-19(17)29(25)20-8-5-9-21(30)23(20)22/h3-4,6-7,10-13,22H,2,5,8-9H2,1H3,(H2,27,28). The van der Waals surface area contributed by atoms with Gasteiger partial charge in [-0.3, -0.25) is 9.69 Å². The summed E-state index contributed by atoms with van der Waals surface area (Å²) in [5, 5.41) is 10.2. The molecule has 0 bridgehead atoms. The van der Waals surface area contributed by atoms with Crippen LogP contribution in [0.1, 0.15) is 43.2 Å². The zero-order valence-corrected chi connectivity index (χ0v) is 17.3. The van der Waals surface area contributed by atoms with Crippen LogP contribution in [0.2, 0.25) is 0 Å². The zero-order chi connectivity index (χ0) is 21.5. The van der Waals surface area contributed by atoms with Crippen molar-refractivity contribution in [3.05, 3.63) is 82.3 Å². The Balaban J connectivity index is 1.76. The number of rotatable bonds is 3. The number of fused-ring (bicyclic) bond motifs is 4. The number of carbonyl (C=O) groups is 1. The van der Waals surface area contributed by atoms with Crippen LogP contribution in [0.15, 0.2) is 76.2 Å². The number of nitrogens with zero attached hydrogens (tertiary/aromatic N) is 3. The molecule has 1 aliphatic carbocycles. The number of hydrogen-bond acceptors (Lipinski definition) is 6. The number of allylic oxidation sites excluding steroid dienone is 3. The molecule has 0 spiro atoms. The average Bonchev–Trinajstić information content (AvgIpc) is 2.79. The topological polar surface area (TPSA) is 91.7 Å². The monoisotopic (exact) mass is 410 g/mol. The van der Waals surface area contributed by atoms with Crippen molar-refractivity contribution in [3.63, 3.8) is 0 Å². The second-order valence-electron chi connectivity index (χ2n) is 7.77. The molecule has 0 saturated carbocycles. The van der Waals surface area contributed by atoms with Crippen molar-refractivity contribution in [1.29, 1.82) is 5.26 Å². The number of anilines is 1. The predicted molar refractivity (Wildman–Crippen MR) is 119 cm³/mol. The lowest BCUT2D eigenvalue weighted by Gasteiger charge is -2.41. The van der Waals surface area contributed by atoms with Gasteiger partial charge in [-0.2, -0.15) is 5.26 Å². The Morgan fingerprint density at radius 1 is 1.19 bits per heavy atom. The molecule has 0 fully saturated rings. The van der Waals surface area contributed by atoms with E-state index in [2.05, 4.69) is 11.1 Å². The van der Waals surface area contributed by atoms with Gasteiger partial charge in [-0.1, -0.05) is 24.3 Å². The fraction of sp³-hybridized carbons (Fsp3) is 0.240. The molecular weight excluding hydrogens is 388 g/mol. The molecule has 2 heterocycles. The molecule has 6 heteroatoms. The van der Waals surface area contributed by atoms with Gasteiger partial charge in [0.1, 0.15) is 11.6 Å². The first kappa shape index (κ1) is 19.1. The predicted octanol–water partition coefficient (Wildman–Crippen LogP) is 4.15. The first-order valence-corrected chi connectivity index (χ1v) is 10.5. The molecular formula is C25H22N4O2. The van der Waals surface area contributed by atoms with Gasteiger partial charge in [-0.15, -0.1) is 0 Å². The third-order valence-corrected chi connectivity index (χ3v) is 6.02. The average molecular weight is 410 g/mol. The van der Waals surface area contributed by atoms with Crippen molar-refractivity contribution in [2.24, 2.45) is 10.7 Å². The molecule has 31 heavy (non-hydrogen) atoms. The summed E-state index contributed by atoms with van der Waals surface area (Å²) in [5.41, 5.74) is 10.9. The van der Waals surface area contributed by atoms with Crippen molar-refractivity contribution in [2.45, 2.75) is 32.1 Å². The smallest absolute Gasteiger partial charge is 0.161 e. The summed E-state index contributed by atoms with van der Waals surface area (Å²) in [6, 6.07) is 17.7. The van der Waals surface area contributed by atoms with Crippen LogP contribution in [-0.2, 0) is 4.79 Å². The number of aliphatic imine (C=N–C) groups is 1. The van der Waals surface area contributed by atoms with Crippen LogP contribution in [0.5, 0.6) is 5.75 Å². The Kier molecular flexibility index (Phi) is 4.59. The third kappa shape index (κ3) is 2.93. The Hall–Kier alpha value is -3.85. The minimum atomic E-state index is -0.462. The lowest BCUT2D eigenvalue weighted by molar-refractivity contribution is -0.116. The van der Waals surface area contributed by atoms with Crippen molar-refractivity contribution in [3.8, 4) is 11.8 Å². The van der Waals surface area contributed by atoms with Gasteiger partial charge in [0.2, 0.25) is 0 Å². The molecule has 6 nitrogen and oxygen atoms in total. The lowest BCUT2D eigenvalue weighted by Crippen LogP contribution is -2.39. The highest BCUT2D eigenvalue weighted by Gasteiger charge is 2.42. The third-order valence-electron chi connectivity index (χ3n) is 6.02. The molecule has 2 aliphatic heterocycles. The number of carbonyl (C=O) groups excluding carboxylic acids is 1. The van der Waals surface area contributed by atoms with E-state index in [0.717, 1.165) is 41.1 Å². The maximum absolute atomic E-state index is 13.2. The van der Waals surface area contributed by atoms with Crippen LogP contribution < -0.4 is 15.4 Å². The molecule has 2 aromatic carbocycles. The first-order valence-electron chi connectivity index (χ1n) is 10.5. The molecule has 2 aromatic rings. The van der Waals surface area contributed by atoms with Gasteiger partial charge in [0.25, 0.3) is 0 Å². The van der Waals surface area contributed by atoms with E-state index in [4.69, 9.17) is 10.5 Å². The SMILES string of the molecule is CCOc1ccc(C2C(C#N)=C3N=C(N)c4ccccc4N3C3=C2C(=O)CCC3)cc1. The number of hydrogen-bond donors (Lipinski definition) is 1. The van der Waals surface area contributed by atoms with Gasteiger partial charge < -0.3 is 10.5 Å². The Morgan fingerprint density at radius 2 is 1.97 bits per heavy atom. The molecule has 2 N–H and O–H groups in total. The van der Waals surface area contributed by atoms with Crippen molar-refractivity contribution in [1.82, 2.24) is 0 Å². The zero-order valence-electron chi connectivity index (χ0n) is 17.3. The van der Waals surface area contributed by atoms with Crippen molar-refractivity contribution < 1.29 is 9.53 Å². The molecule has 1 atom stereocenters. The molecule has 0 amide bonds. The van der Waals surface area contributed by atoms with Crippen LogP contribution >= 0.6 is 0 Å². The lowest BCUT2D eigenvalue weighted by atomic mass is 9.75. The fourth-order valence-corrected chi connectivity index (χ4v) is 4.73. The number of Topliss-reactive ketones (excluding diaryl/α,β-unsaturated/α-hetero) is 1. The highest BCUT2D eigenvalue weighted by atomic mass is 16.5. The van der Waals surface area contributed by atoms with Crippen LogP contribution in [0.4, 0.5) is 5.69 Å². The van der Waals surface area contributed by atoms with Crippen LogP contribution in [0, 0.1) is 11.3 Å². The van der Waals surface area contributed by atoms with Gasteiger partial charge in [0.05, 0.1) is 29.9 Å². The highest BCUT2D eigenvalue weighted by molar-refractivity contribution is 6.08. The molecule has 5 rings (SSSR count). The van der Waals surface area contributed by atoms with E-state index < -0.39 is 5.92 Å². The summed E-state index contributed by atoms with van der Waals surface area (Å²) in [5.74, 6) is 1.29. The molecule has 0 saturated heterocycles. The summed E-state index contributed by atoms with van der Waals surface area (Å²) in [7, 11) is 0. The minimum Gasteiger partial charge on any atom is -0.494 e. The van der Waals surface area contributed by atoms with E-state index in [9.17, 15) is 10.1 Å². The fourth-order valence-electron chi connectivity index (χ4n) is 4.73. The maximum Gasteiger partial charge on any atom is 0.161 e. The molecule has 0 aromatic heterocycles. The Morgan fingerprint density at radius 3 is 2.71 bits per heavy atom. The number of ether oxygens (including phenoxy) is 1. The van der Waals surface area contributed by atoms with Crippen LogP contribution in [0.25, 0.3) is 0 Å². The molecule has 1 unspecified atom stereocenters. The van der Waals surface area contributed by atoms with Gasteiger partial charge in [-0.05, 0) is 49.6 Å².